The van der Waals surface area contributed by atoms with E-state index in [1.807, 2.05) is 0 Å². The van der Waals surface area contributed by atoms with E-state index in [9.17, 15) is 56.0 Å². The van der Waals surface area contributed by atoms with Crippen molar-refractivity contribution in [3.05, 3.63) is 46.8 Å². The number of carbonyl (C=O) groups is 3. The molecular formula is C23H23F6N5O9. The van der Waals surface area contributed by atoms with Gasteiger partial charge in [-0.1, -0.05) is 0 Å². The molecule has 0 radical (unpaired) electrons. The number of alkyl carbamates (subject to hydrolysis) is 1. The maximum absolute atomic E-state index is 14.4. The van der Waals surface area contributed by atoms with Crippen LogP contribution in [0.4, 0.5) is 31.1 Å². The summed E-state index contributed by atoms with van der Waals surface area (Å²) in [5.41, 5.74) is -0.497. The molecule has 3 heterocycles. The predicted molar refractivity (Wildman–Crippen MR) is 123 cm³/mol. The molecule has 14 nitrogen and oxygen atoms in total. The fourth-order valence-electron chi connectivity index (χ4n) is 4.54. The van der Waals surface area contributed by atoms with Gasteiger partial charge in [0.1, 0.15) is 24.1 Å². The van der Waals surface area contributed by atoms with Crippen molar-refractivity contribution in [3.8, 4) is 0 Å². The van der Waals surface area contributed by atoms with E-state index in [0.29, 0.717) is 6.07 Å². The summed E-state index contributed by atoms with van der Waals surface area (Å²) in [7, 11) is 0. The number of rotatable bonds is 7. The molecule has 0 aliphatic carbocycles. The molecule has 1 fully saturated rings. The van der Waals surface area contributed by atoms with Gasteiger partial charge in [0.05, 0.1) is 6.54 Å². The molecule has 43 heavy (non-hydrogen) atoms. The molecule has 2 aromatic rings. The number of hydrogen-bond donors (Lipinski definition) is 5. The van der Waals surface area contributed by atoms with Crippen molar-refractivity contribution < 1.29 is 70.6 Å². The number of nitrogens with one attached hydrogen (secondary N) is 1. The number of fused-ring (bicyclic) bond motifs is 1. The lowest BCUT2D eigenvalue weighted by atomic mass is 9.99. The van der Waals surface area contributed by atoms with Crippen LogP contribution >= 0.6 is 0 Å². The molecule has 1 aromatic carbocycles. The van der Waals surface area contributed by atoms with Crippen LogP contribution in [0.5, 0.6) is 0 Å². The van der Waals surface area contributed by atoms with Gasteiger partial charge >= 0.3 is 18.2 Å². The lowest BCUT2D eigenvalue weighted by Crippen LogP contribution is -2.61. The third-order valence-corrected chi connectivity index (χ3v) is 6.69. The van der Waals surface area contributed by atoms with E-state index in [1.54, 1.807) is 0 Å². The standard InChI is InChI=1S/C23H23F6N5O9/c24-10-6-12(26)11(25)4-8(10)3-9(30-22(41)43-20-17(38)15(36)16(37)18(42-20)19(39)40)5-14(35)33-1-2-34-13(7-33)31-32-21(34)23(27,28)29/h4,6,9,15-18,20,36-38H,1-3,5,7H2,(H,30,41)(H,39,40)/t9-,15?,16?,17?,18?,20?/m0/s1. The zero-order chi connectivity index (χ0) is 31.8. The third kappa shape index (κ3) is 6.98. The smallest absolute Gasteiger partial charge is 0.451 e. The number of alkyl halides is 3. The monoisotopic (exact) mass is 627 g/mol. The largest absolute Gasteiger partial charge is 0.479 e. The molecule has 2 amide bonds. The molecule has 2 aliphatic heterocycles. The van der Waals surface area contributed by atoms with Crippen LogP contribution in [-0.2, 0) is 44.7 Å². The number of carbonyl (C=O) groups excluding carboxylic acids is 2. The van der Waals surface area contributed by atoms with Gasteiger partial charge in [0, 0.05) is 31.6 Å². The maximum Gasteiger partial charge on any atom is 0.451 e. The minimum absolute atomic E-state index is 0.195. The zero-order valence-electron chi connectivity index (χ0n) is 21.5. The van der Waals surface area contributed by atoms with Crippen molar-refractivity contribution in [2.24, 2.45) is 0 Å². The van der Waals surface area contributed by atoms with Gasteiger partial charge in [0.15, 0.2) is 23.6 Å². The summed E-state index contributed by atoms with van der Waals surface area (Å²) in [5.74, 6) is -8.25. The molecule has 0 bridgehead atoms. The summed E-state index contributed by atoms with van der Waals surface area (Å²) in [4.78, 5) is 38.1. The maximum atomic E-state index is 14.4. The van der Waals surface area contributed by atoms with E-state index in [1.165, 1.54) is 0 Å². The van der Waals surface area contributed by atoms with Gasteiger partial charge in [-0.2, -0.15) is 13.2 Å². The Hall–Kier alpha value is -4.01. The first-order valence-electron chi connectivity index (χ1n) is 12.4. The van der Waals surface area contributed by atoms with Gasteiger partial charge < -0.3 is 44.7 Å². The first kappa shape index (κ1) is 31.9. The number of carboxylic acid groups (broad SMARTS) is 1. The van der Waals surface area contributed by atoms with Crippen molar-refractivity contribution in [3.63, 3.8) is 0 Å². The summed E-state index contributed by atoms with van der Waals surface area (Å²) in [6.07, 6.45) is -18.3. The first-order chi connectivity index (χ1) is 20.1. The van der Waals surface area contributed by atoms with E-state index >= 15 is 0 Å². The van der Waals surface area contributed by atoms with E-state index in [4.69, 9.17) is 14.6 Å². The van der Waals surface area contributed by atoms with E-state index in [0.717, 1.165) is 9.47 Å². The number of aliphatic hydroxyl groups is 3. The molecule has 2 aliphatic rings. The SMILES string of the molecule is O=C(N[C@H](CC(=O)N1CCn2c(nnc2C(F)(F)F)C1)Cc1cc(F)c(F)cc1F)OC1OC(C(=O)O)C(O)C(O)C1O. The van der Waals surface area contributed by atoms with E-state index < -0.39 is 109 Å². The van der Waals surface area contributed by atoms with Crippen LogP contribution in [0.2, 0.25) is 0 Å². The number of hydrogen-bond acceptors (Lipinski definition) is 10. The van der Waals surface area contributed by atoms with E-state index in [2.05, 4.69) is 15.5 Å². The van der Waals surface area contributed by atoms with Crippen molar-refractivity contribution in [1.82, 2.24) is 25.0 Å². The molecule has 5 unspecified atom stereocenters. The van der Waals surface area contributed by atoms with Crippen molar-refractivity contribution >= 4 is 18.0 Å². The van der Waals surface area contributed by atoms with Gasteiger partial charge in [0.2, 0.25) is 18.0 Å². The molecule has 6 atom stereocenters. The third-order valence-electron chi connectivity index (χ3n) is 6.69. The zero-order valence-corrected chi connectivity index (χ0v) is 21.5. The molecule has 5 N–H and O–H groups in total. The van der Waals surface area contributed by atoms with Crippen LogP contribution in [-0.4, -0.2) is 101 Å². The van der Waals surface area contributed by atoms with Crippen LogP contribution in [0.25, 0.3) is 0 Å². The van der Waals surface area contributed by atoms with Gasteiger partial charge in [-0.3, -0.25) is 4.79 Å². The average molecular weight is 627 g/mol. The second-order valence-corrected chi connectivity index (χ2v) is 9.65. The fraction of sp³-hybridized carbons (Fsp3) is 0.522. The summed E-state index contributed by atoms with van der Waals surface area (Å²) < 4.78 is 91.4. The highest BCUT2D eigenvalue weighted by Crippen LogP contribution is 2.30. The van der Waals surface area contributed by atoms with Crippen molar-refractivity contribution in [2.45, 2.75) is 68.9 Å². The first-order valence-corrected chi connectivity index (χ1v) is 12.4. The lowest BCUT2D eigenvalue weighted by molar-refractivity contribution is -0.278. The molecule has 1 saturated heterocycles. The second kappa shape index (κ2) is 12.3. The number of aliphatic carboxylic acids is 1. The van der Waals surface area contributed by atoms with Gasteiger partial charge in [-0.25, -0.2) is 22.8 Å². The molecule has 236 valence electrons. The highest BCUT2D eigenvalue weighted by Gasteiger charge is 2.49. The van der Waals surface area contributed by atoms with Gasteiger partial charge in [0.25, 0.3) is 0 Å². The van der Waals surface area contributed by atoms with Crippen LogP contribution < -0.4 is 5.32 Å². The summed E-state index contributed by atoms with van der Waals surface area (Å²) in [6, 6.07) is -0.764. The second-order valence-electron chi connectivity index (χ2n) is 9.65. The van der Waals surface area contributed by atoms with Gasteiger partial charge in [-0.15, -0.1) is 10.2 Å². The molecule has 0 saturated carbocycles. The predicted octanol–water partition coefficient (Wildman–Crippen LogP) is -0.324. The molecule has 0 spiro atoms. The minimum Gasteiger partial charge on any atom is -0.479 e. The van der Waals surface area contributed by atoms with Crippen molar-refractivity contribution in [1.29, 1.82) is 0 Å². The lowest BCUT2D eigenvalue weighted by Gasteiger charge is -2.38. The van der Waals surface area contributed by atoms with Crippen molar-refractivity contribution in [2.75, 3.05) is 6.54 Å². The van der Waals surface area contributed by atoms with E-state index in [-0.39, 0.29) is 25.0 Å². The number of nitrogens with zero attached hydrogens (tertiary/aromatic N) is 4. The summed E-state index contributed by atoms with van der Waals surface area (Å²) >= 11 is 0. The van der Waals surface area contributed by atoms with Crippen LogP contribution in [0.3, 0.4) is 0 Å². The number of amides is 2. The molecule has 20 heteroatoms. The number of benzene rings is 1. The number of carboxylic acids is 1. The quantitative estimate of drug-likeness (QED) is 0.199. The van der Waals surface area contributed by atoms with Crippen LogP contribution in [0.15, 0.2) is 12.1 Å². The van der Waals surface area contributed by atoms with Crippen LogP contribution in [0, 0.1) is 17.5 Å². The Kier molecular flexibility index (Phi) is 9.13. The number of aliphatic hydroxyl groups excluding tert-OH is 3. The average Bonchev–Trinajstić information content (AvgIpc) is 3.36. The highest BCUT2D eigenvalue weighted by atomic mass is 19.4. The number of ether oxygens (including phenoxy) is 2. The Bertz CT molecular complexity index is 1390. The van der Waals surface area contributed by atoms with Crippen LogP contribution in [0.1, 0.15) is 23.6 Å². The number of halogens is 6. The highest BCUT2D eigenvalue weighted by molar-refractivity contribution is 5.78. The Labute approximate surface area is 236 Å². The Morgan fingerprint density at radius 2 is 1.70 bits per heavy atom. The molecule has 1 aromatic heterocycles. The number of aromatic nitrogens is 3. The summed E-state index contributed by atoms with van der Waals surface area (Å²) in [6.45, 7) is -1.00. The molecule has 4 rings (SSSR count). The minimum atomic E-state index is -4.80. The Morgan fingerprint density at radius 3 is 2.35 bits per heavy atom. The molecular weight excluding hydrogens is 604 g/mol. The van der Waals surface area contributed by atoms with Gasteiger partial charge in [-0.05, 0) is 18.1 Å². The Balaban J connectivity index is 1.50. The fourth-order valence-corrected chi connectivity index (χ4v) is 4.54. The summed E-state index contributed by atoms with van der Waals surface area (Å²) in [5, 5.41) is 47.5. The topological polar surface area (TPSA) is 197 Å². The normalized spacial score (nSPS) is 24.7. The Morgan fingerprint density at radius 1 is 1.02 bits per heavy atom.